The first-order valence-corrected chi connectivity index (χ1v) is 8.53. The van der Waals surface area contributed by atoms with Gasteiger partial charge in [0.1, 0.15) is 0 Å². The Bertz CT molecular complexity index is 384. The van der Waals surface area contributed by atoms with E-state index in [1.807, 2.05) is 0 Å². The lowest BCUT2D eigenvalue weighted by molar-refractivity contribution is -0.140. The highest BCUT2D eigenvalue weighted by Crippen LogP contribution is 2.19. The minimum atomic E-state index is -0.144. The summed E-state index contributed by atoms with van der Waals surface area (Å²) in [5.74, 6) is 0.728. The fourth-order valence-corrected chi connectivity index (χ4v) is 2.49. The predicted octanol–water partition coefficient (Wildman–Crippen LogP) is 3.39. The van der Waals surface area contributed by atoms with Crippen LogP contribution in [0.2, 0.25) is 0 Å². The summed E-state index contributed by atoms with van der Waals surface area (Å²) in [6.07, 6.45) is 10.9. The first kappa shape index (κ1) is 22.2. The molecule has 0 aromatic heterocycles. The number of hydrogen-bond acceptors (Lipinski definition) is 3. The molecular formula is C17H32IN3O2. The van der Waals surface area contributed by atoms with E-state index < -0.39 is 0 Å². The number of ether oxygens (including phenoxy) is 1. The average molecular weight is 437 g/mol. The summed E-state index contributed by atoms with van der Waals surface area (Å²) in [5.41, 5.74) is 1.58. The Hall–Kier alpha value is -0.790. The van der Waals surface area contributed by atoms with Gasteiger partial charge < -0.3 is 15.4 Å². The Morgan fingerprint density at radius 2 is 2.13 bits per heavy atom. The fourth-order valence-electron chi connectivity index (χ4n) is 2.49. The molecule has 0 bridgehead atoms. The van der Waals surface area contributed by atoms with Gasteiger partial charge in [-0.15, -0.1) is 24.0 Å². The Morgan fingerprint density at radius 1 is 1.30 bits per heavy atom. The van der Waals surface area contributed by atoms with Crippen molar-refractivity contribution in [1.82, 2.24) is 10.6 Å². The lowest BCUT2D eigenvalue weighted by atomic mass is 9.97. The first-order valence-electron chi connectivity index (χ1n) is 8.53. The van der Waals surface area contributed by atoms with E-state index >= 15 is 0 Å². The largest absolute Gasteiger partial charge is 0.469 e. The maximum absolute atomic E-state index is 11.0. The zero-order valence-corrected chi connectivity index (χ0v) is 16.9. The molecule has 0 atom stereocenters. The summed E-state index contributed by atoms with van der Waals surface area (Å²) in [6.45, 7) is 4.59. The highest BCUT2D eigenvalue weighted by atomic mass is 127. The van der Waals surface area contributed by atoms with Gasteiger partial charge in [-0.05, 0) is 51.9 Å². The molecule has 5 nitrogen and oxygen atoms in total. The number of carbonyl (C=O) groups excluding carboxylic acids is 1. The van der Waals surface area contributed by atoms with E-state index in [2.05, 4.69) is 33.4 Å². The van der Waals surface area contributed by atoms with Crippen LogP contribution in [-0.4, -0.2) is 38.7 Å². The van der Waals surface area contributed by atoms with Gasteiger partial charge >= 0.3 is 5.97 Å². The molecule has 0 radical (unpaired) electrons. The molecule has 0 heterocycles. The van der Waals surface area contributed by atoms with E-state index in [4.69, 9.17) is 0 Å². The monoisotopic (exact) mass is 437 g/mol. The van der Waals surface area contributed by atoms with Crippen LogP contribution in [-0.2, 0) is 9.53 Å². The van der Waals surface area contributed by atoms with Crippen LogP contribution in [0.1, 0.15) is 58.3 Å². The molecule has 1 rings (SSSR count). The summed E-state index contributed by atoms with van der Waals surface area (Å²) in [4.78, 5) is 15.6. The topological polar surface area (TPSA) is 62.7 Å². The van der Waals surface area contributed by atoms with Crippen molar-refractivity contribution in [2.24, 2.45) is 4.99 Å². The van der Waals surface area contributed by atoms with E-state index in [1.165, 1.54) is 32.8 Å². The third-order valence-corrected chi connectivity index (χ3v) is 3.75. The number of guanidine groups is 1. The molecule has 2 N–H and O–H groups in total. The van der Waals surface area contributed by atoms with Crippen LogP contribution in [0.3, 0.4) is 0 Å². The van der Waals surface area contributed by atoms with Crippen LogP contribution in [0, 0.1) is 0 Å². The number of halogens is 1. The van der Waals surface area contributed by atoms with Gasteiger partial charge in [-0.1, -0.05) is 11.6 Å². The number of methoxy groups -OCH3 is 1. The molecule has 0 amide bonds. The van der Waals surface area contributed by atoms with Gasteiger partial charge in [-0.3, -0.25) is 9.79 Å². The highest BCUT2D eigenvalue weighted by molar-refractivity contribution is 14.0. The number of nitrogens with zero attached hydrogens (tertiary/aromatic N) is 1. The molecule has 0 aromatic carbocycles. The van der Waals surface area contributed by atoms with E-state index in [0.717, 1.165) is 44.9 Å². The molecule has 134 valence electrons. The molecule has 0 saturated carbocycles. The van der Waals surface area contributed by atoms with Gasteiger partial charge in [0, 0.05) is 26.1 Å². The molecule has 0 fully saturated rings. The second-order valence-electron chi connectivity index (χ2n) is 5.58. The molecule has 0 spiro atoms. The molecule has 0 aliphatic heterocycles. The van der Waals surface area contributed by atoms with Gasteiger partial charge in [-0.25, -0.2) is 0 Å². The Morgan fingerprint density at radius 3 is 2.78 bits per heavy atom. The predicted molar refractivity (Wildman–Crippen MR) is 106 cm³/mol. The Kier molecular flexibility index (Phi) is 14.3. The standard InChI is InChI=1S/C17H31N3O2.HI/c1-3-18-17(19-13-8-7-11-16(21)22-2)20-14-12-15-9-5-4-6-10-15;/h9H,3-8,10-14H2,1-2H3,(H2,18,19,20);1H. The number of esters is 1. The van der Waals surface area contributed by atoms with Crippen LogP contribution in [0.25, 0.3) is 0 Å². The van der Waals surface area contributed by atoms with Gasteiger partial charge in [0.05, 0.1) is 7.11 Å². The van der Waals surface area contributed by atoms with Crippen molar-refractivity contribution in [3.8, 4) is 0 Å². The summed E-state index contributed by atoms with van der Waals surface area (Å²) < 4.78 is 4.62. The van der Waals surface area contributed by atoms with E-state index in [-0.39, 0.29) is 29.9 Å². The lowest BCUT2D eigenvalue weighted by Crippen LogP contribution is -2.38. The maximum atomic E-state index is 11.0. The fraction of sp³-hybridized carbons (Fsp3) is 0.765. The first-order chi connectivity index (χ1) is 10.8. The van der Waals surface area contributed by atoms with E-state index in [9.17, 15) is 4.79 Å². The van der Waals surface area contributed by atoms with E-state index in [1.54, 1.807) is 5.57 Å². The van der Waals surface area contributed by atoms with Crippen molar-refractivity contribution in [2.45, 2.75) is 58.3 Å². The van der Waals surface area contributed by atoms with Crippen LogP contribution < -0.4 is 10.6 Å². The summed E-state index contributed by atoms with van der Waals surface area (Å²) in [5, 5.41) is 6.64. The quantitative estimate of drug-likeness (QED) is 0.145. The smallest absolute Gasteiger partial charge is 0.305 e. The maximum Gasteiger partial charge on any atom is 0.305 e. The van der Waals surface area contributed by atoms with E-state index in [0.29, 0.717) is 6.42 Å². The molecule has 1 aliphatic carbocycles. The minimum absolute atomic E-state index is 0. The van der Waals surface area contributed by atoms with Crippen LogP contribution in [0.4, 0.5) is 0 Å². The Labute approximate surface area is 157 Å². The summed E-state index contributed by atoms with van der Waals surface area (Å²) in [7, 11) is 1.43. The zero-order chi connectivity index (χ0) is 16.0. The van der Waals surface area contributed by atoms with Gasteiger partial charge in [-0.2, -0.15) is 0 Å². The molecular weight excluding hydrogens is 405 g/mol. The molecule has 6 heteroatoms. The zero-order valence-electron chi connectivity index (χ0n) is 14.5. The normalized spacial score (nSPS) is 14.5. The second-order valence-corrected chi connectivity index (χ2v) is 5.58. The highest BCUT2D eigenvalue weighted by Gasteiger charge is 2.04. The van der Waals surface area contributed by atoms with Crippen molar-refractivity contribution in [2.75, 3.05) is 26.7 Å². The minimum Gasteiger partial charge on any atom is -0.469 e. The number of hydrogen-bond donors (Lipinski definition) is 2. The molecule has 0 unspecified atom stereocenters. The molecule has 23 heavy (non-hydrogen) atoms. The van der Waals surface area contributed by atoms with Crippen LogP contribution >= 0.6 is 24.0 Å². The van der Waals surface area contributed by atoms with Crippen molar-refractivity contribution < 1.29 is 9.53 Å². The van der Waals surface area contributed by atoms with Gasteiger partial charge in [0.15, 0.2) is 5.96 Å². The summed E-state index contributed by atoms with van der Waals surface area (Å²) >= 11 is 0. The van der Waals surface area contributed by atoms with Crippen LogP contribution in [0.15, 0.2) is 16.6 Å². The van der Waals surface area contributed by atoms with Gasteiger partial charge in [0.2, 0.25) is 0 Å². The third-order valence-electron chi connectivity index (χ3n) is 3.75. The number of nitrogens with one attached hydrogen (secondary N) is 2. The van der Waals surface area contributed by atoms with Crippen molar-refractivity contribution in [3.63, 3.8) is 0 Å². The van der Waals surface area contributed by atoms with Crippen molar-refractivity contribution in [3.05, 3.63) is 11.6 Å². The van der Waals surface area contributed by atoms with Crippen LogP contribution in [0.5, 0.6) is 0 Å². The number of rotatable bonds is 9. The molecule has 1 aliphatic rings. The number of aliphatic imine (C=N–C) groups is 1. The third kappa shape index (κ3) is 11.4. The summed E-state index contributed by atoms with van der Waals surface area (Å²) in [6, 6.07) is 0. The number of allylic oxidation sites excluding steroid dienone is 1. The van der Waals surface area contributed by atoms with Gasteiger partial charge in [0.25, 0.3) is 0 Å². The Balaban J connectivity index is 0.00000484. The average Bonchev–Trinajstić information content (AvgIpc) is 2.55. The second kappa shape index (κ2) is 14.8. The number of unbranched alkanes of at least 4 members (excludes halogenated alkanes) is 1. The van der Waals surface area contributed by atoms with Crippen molar-refractivity contribution in [1.29, 1.82) is 0 Å². The molecule has 0 aromatic rings. The number of carbonyl (C=O) groups is 1. The van der Waals surface area contributed by atoms with Crippen molar-refractivity contribution >= 4 is 35.9 Å². The SMILES string of the molecule is CCNC(=NCCCCC(=O)OC)NCCC1=CCCCC1.I. The molecule has 0 saturated heterocycles. The lowest BCUT2D eigenvalue weighted by Gasteiger charge is -2.15.